The number of nitrogens with zero attached hydrogens (tertiary/aromatic N) is 4. The zero-order valence-corrected chi connectivity index (χ0v) is 24.1. The van der Waals surface area contributed by atoms with Gasteiger partial charge in [-0.05, 0) is 83.4 Å². The molecule has 0 N–H and O–H groups in total. The lowest BCUT2D eigenvalue weighted by molar-refractivity contribution is 1.19. The Labute approximate surface area is 257 Å². The van der Waals surface area contributed by atoms with Gasteiger partial charge < -0.3 is 4.57 Å². The van der Waals surface area contributed by atoms with Gasteiger partial charge in [0.2, 0.25) is 0 Å². The third kappa shape index (κ3) is 3.80. The molecule has 0 fully saturated rings. The van der Waals surface area contributed by atoms with E-state index in [2.05, 4.69) is 95.6 Å². The molecule has 2 aromatic heterocycles. The van der Waals surface area contributed by atoms with Gasteiger partial charge in [0, 0.05) is 42.2 Å². The number of fused-ring (bicyclic) bond motifs is 6. The first kappa shape index (κ1) is 25.5. The van der Waals surface area contributed by atoms with Crippen molar-refractivity contribution in [1.82, 2.24) is 4.57 Å². The fraction of sp³-hybridized carbons (Fsp3) is 0. The molecule has 6 aromatic carbocycles. The molecule has 0 amide bonds. The minimum absolute atomic E-state index is 0.463. The molecule has 8 aromatic rings. The summed E-state index contributed by atoms with van der Waals surface area (Å²) in [4.78, 5) is 0. The summed E-state index contributed by atoms with van der Waals surface area (Å²) in [6.45, 7) is 0. The largest absolute Gasteiger partial charge is 0.309 e. The van der Waals surface area contributed by atoms with Crippen LogP contribution in [0.15, 0.2) is 121 Å². The molecule has 4 nitrogen and oxygen atoms in total. The summed E-state index contributed by atoms with van der Waals surface area (Å²) >= 11 is 1.80. The second kappa shape index (κ2) is 9.97. The summed E-state index contributed by atoms with van der Waals surface area (Å²) < 4.78 is 4.78. The number of benzene rings is 6. The predicted octanol–water partition coefficient (Wildman–Crippen LogP) is 10.1. The minimum Gasteiger partial charge on any atom is -0.309 e. The molecular formula is C39H20N4S. The number of rotatable bonds is 3. The van der Waals surface area contributed by atoms with E-state index in [4.69, 9.17) is 0 Å². The molecule has 0 aliphatic carbocycles. The van der Waals surface area contributed by atoms with Crippen LogP contribution in [0.3, 0.4) is 0 Å². The second-order valence-corrected chi connectivity index (χ2v) is 11.8. The lowest BCUT2D eigenvalue weighted by atomic mass is 9.94. The Morgan fingerprint density at radius 3 is 1.84 bits per heavy atom. The van der Waals surface area contributed by atoms with E-state index in [0.717, 1.165) is 44.2 Å². The first-order valence-electron chi connectivity index (χ1n) is 14.1. The Kier molecular flexibility index (Phi) is 5.78. The van der Waals surface area contributed by atoms with Crippen LogP contribution >= 0.6 is 11.3 Å². The molecule has 8 rings (SSSR count). The highest BCUT2D eigenvalue weighted by Crippen LogP contribution is 2.41. The van der Waals surface area contributed by atoms with E-state index in [0.29, 0.717) is 22.3 Å². The standard InChI is InChI=1S/C39H20N4S/c40-21-26-6-1-2-9-30(26)24-12-15-35-32(18-24)33-19-25(39-27(22-41)7-5-8-28(39)23-42)13-16-36(33)43(35)29-14-17-38-34(20-29)31-10-3-4-11-37(31)44-38/h1-20H. The molecular weight excluding hydrogens is 557 g/mol. The molecule has 0 saturated carbocycles. The molecule has 0 radical (unpaired) electrons. The number of hydrogen-bond donors (Lipinski definition) is 0. The van der Waals surface area contributed by atoms with Crippen molar-refractivity contribution >= 4 is 53.3 Å². The Hall–Kier alpha value is -6.19. The summed E-state index contributed by atoms with van der Waals surface area (Å²) in [6, 6.07) is 47.4. The van der Waals surface area contributed by atoms with Crippen molar-refractivity contribution in [2.45, 2.75) is 0 Å². The zero-order valence-electron chi connectivity index (χ0n) is 23.2. The predicted molar refractivity (Wildman–Crippen MR) is 179 cm³/mol. The highest BCUT2D eigenvalue weighted by molar-refractivity contribution is 7.25. The second-order valence-electron chi connectivity index (χ2n) is 10.7. The van der Waals surface area contributed by atoms with Crippen LogP contribution in [0.5, 0.6) is 0 Å². The first-order chi connectivity index (χ1) is 21.7. The Balaban J connectivity index is 1.45. The van der Waals surface area contributed by atoms with E-state index >= 15 is 0 Å². The van der Waals surface area contributed by atoms with Gasteiger partial charge in [0.15, 0.2) is 0 Å². The average Bonchev–Trinajstić information content (AvgIpc) is 3.62. The van der Waals surface area contributed by atoms with Crippen LogP contribution in [-0.2, 0) is 0 Å². The van der Waals surface area contributed by atoms with E-state index in [1.54, 1.807) is 29.5 Å². The lowest BCUT2D eigenvalue weighted by Crippen LogP contribution is -1.94. The fourth-order valence-electron chi connectivity index (χ4n) is 6.36. The van der Waals surface area contributed by atoms with Crippen LogP contribution < -0.4 is 0 Å². The van der Waals surface area contributed by atoms with Crippen LogP contribution in [0.1, 0.15) is 16.7 Å². The number of aromatic nitrogens is 1. The molecule has 0 spiro atoms. The molecule has 0 saturated heterocycles. The van der Waals surface area contributed by atoms with Crippen LogP contribution in [-0.4, -0.2) is 4.57 Å². The van der Waals surface area contributed by atoms with Crippen molar-refractivity contribution in [1.29, 1.82) is 15.8 Å². The number of hydrogen-bond acceptors (Lipinski definition) is 4. The normalized spacial score (nSPS) is 11.1. The fourth-order valence-corrected chi connectivity index (χ4v) is 7.45. The molecule has 0 bridgehead atoms. The molecule has 0 atom stereocenters. The quantitative estimate of drug-likeness (QED) is 0.210. The van der Waals surface area contributed by atoms with Crippen molar-refractivity contribution in [3.8, 4) is 46.1 Å². The molecule has 5 heteroatoms. The molecule has 0 unspecified atom stereocenters. The number of nitriles is 3. The number of thiophene rings is 1. The van der Waals surface area contributed by atoms with Gasteiger partial charge in [-0.2, -0.15) is 15.8 Å². The van der Waals surface area contributed by atoms with E-state index < -0.39 is 0 Å². The highest BCUT2D eigenvalue weighted by atomic mass is 32.1. The van der Waals surface area contributed by atoms with Crippen molar-refractivity contribution in [2.75, 3.05) is 0 Å². The van der Waals surface area contributed by atoms with Crippen molar-refractivity contribution < 1.29 is 0 Å². The van der Waals surface area contributed by atoms with Crippen molar-refractivity contribution in [2.24, 2.45) is 0 Å². The van der Waals surface area contributed by atoms with E-state index in [-0.39, 0.29) is 0 Å². The Bertz CT molecular complexity index is 2570. The van der Waals surface area contributed by atoms with E-state index in [9.17, 15) is 15.8 Å². The maximum Gasteiger partial charge on any atom is 0.0998 e. The summed E-state index contributed by atoms with van der Waals surface area (Å²) in [7, 11) is 0. The molecule has 0 aliphatic heterocycles. The van der Waals surface area contributed by atoms with Gasteiger partial charge in [0.25, 0.3) is 0 Å². The van der Waals surface area contributed by atoms with Gasteiger partial charge in [0.1, 0.15) is 0 Å². The molecule has 44 heavy (non-hydrogen) atoms. The minimum atomic E-state index is 0.463. The average molecular weight is 577 g/mol. The van der Waals surface area contributed by atoms with Gasteiger partial charge >= 0.3 is 0 Å². The summed E-state index contributed by atoms with van der Waals surface area (Å²) in [5.41, 5.74) is 7.92. The van der Waals surface area contributed by atoms with Crippen LogP contribution in [0.2, 0.25) is 0 Å². The van der Waals surface area contributed by atoms with Gasteiger partial charge in [0.05, 0.1) is 45.9 Å². The maximum absolute atomic E-state index is 9.90. The van der Waals surface area contributed by atoms with Gasteiger partial charge in [-0.25, -0.2) is 0 Å². The Morgan fingerprint density at radius 2 is 1.09 bits per heavy atom. The van der Waals surface area contributed by atoms with Gasteiger partial charge in [-0.1, -0.05) is 54.6 Å². The third-order valence-electron chi connectivity index (χ3n) is 8.34. The maximum atomic E-state index is 9.90. The molecule has 2 heterocycles. The van der Waals surface area contributed by atoms with Crippen molar-refractivity contribution in [3.05, 3.63) is 138 Å². The summed E-state index contributed by atoms with van der Waals surface area (Å²) in [6.07, 6.45) is 0. The summed E-state index contributed by atoms with van der Waals surface area (Å²) in [5, 5.41) is 34.1. The smallest absolute Gasteiger partial charge is 0.0998 e. The van der Waals surface area contributed by atoms with Gasteiger partial charge in [-0.15, -0.1) is 11.3 Å². The van der Waals surface area contributed by atoms with Crippen molar-refractivity contribution in [3.63, 3.8) is 0 Å². The van der Waals surface area contributed by atoms with Crippen LogP contribution in [0.4, 0.5) is 0 Å². The molecule has 202 valence electrons. The summed E-state index contributed by atoms with van der Waals surface area (Å²) in [5.74, 6) is 0. The van der Waals surface area contributed by atoms with E-state index in [1.165, 1.54) is 20.2 Å². The monoisotopic (exact) mass is 576 g/mol. The zero-order chi connectivity index (χ0) is 29.8. The van der Waals surface area contributed by atoms with E-state index in [1.807, 2.05) is 30.3 Å². The Morgan fingerprint density at radius 1 is 0.477 bits per heavy atom. The molecule has 0 aliphatic rings. The van der Waals surface area contributed by atoms with Gasteiger partial charge in [-0.3, -0.25) is 0 Å². The SMILES string of the molecule is N#Cc1ccccc1-c1ccc2c(c1)c1cc(-c3c(C#N)cccc3C#N)ccc1n2-c1ccc2sc3ccccc3c2c1. The van der Waals surface area contributed by atoms with Crippen LogP contribution in [0, 0.1) is 34.0 Å². The first-order valence-corrected chi connectivity index (χ1v) is 14.9. The van der Waals surface area contributed by atoms with Crippen LogP contribution in [0.25, 0.3) is 69.9 Å². The highest BCUT2D eigenvalue weighted by Gasteiger charge is 2.18. The third-order valence-corrected chi connectivity index (χ3v) is 9.49. The topological polar surface area (TPSA) is 76.3 Å². The lowest BCUT2D eigenvalue weighted by Gasteiger charge is -2.10.